The Morgan fingerprint density at radius 2 is 1.82 bits per heavy atom. The Morgan fingerprint density at radius 1 is 1.27 bits per heavy atom. The Kier molecular flexibility index (Phi) is 3.34. The van der Waals surface area contributed by atoms with Gasteiger partial charge in [0.05, 0.1) is 0 Å². The number of hydroxylamine groups is 1. The second-order valence-electron chi connectivity index (χ2n) is 3.94. The lowest BCUT2D eigenvalue weighted by atomic mass is 9.80. The van der Waals surface area contributed by atoms with Gasteiger partial charge in [-0.2, -0.15) is 0 Å². The molecule has 0 aromatic rings. The Balaban J connectivity index is 2.27. The molecule has 0 aromatic carbocycles. The van der Waals surface area contributed by atoms with Crippen LogP contribution >= 0.6 is 0 Å². The fourth-order valence-electron chi connectivity index (χ4n) is 1.89. The normalized spacial score (nSPS) is 35.2. The lowest BCUT2D eigenvalue weighted by Gasteiger charge is -2.29. The van der Waals surface area contributed by atoms with Gasteiger partial charge >= 0.3 is 0 Å². The molecule has 1 rings (SSSR count). The van der Waals surface area contributed by atoms with Crippen molar-refractivity contribution in [2.24, 2.45) is 11.8 Å². The molecule has 1 unspecified atom stereocenters. The highest BCUT2D eigenvalue weighted by molar-refractivity contribution is 4.75. The molecule has 0 aromatic heterocycles. The highest BCUT2D eigenvalue weighted by Crippen LogP contribution is 2.29. The Bertz CT molecular complexity index is 108. The Labute approximate surface area is 69.0 Å². The second kappa shape index (κ2) is 4.07. The van der Waals surface area contributed by atoms with Gasteiger partial charge in [-0.3, -0.25) is 0 Å². The molecular weight excluding hydrogens is 138 g/mol. The lowest BCUT2D eigenvalue weighted by molar-refractivity contribution is 0.0876. The minimum Gasteiger partial charge on any atom is -0.317 e. The Hall–Kier alpha value is -0.0800. The van der Waals surface area contributed by atoms with Crippen LogP contribution in [0, 0.1) is 11.8 Å². The van der Waals surface area contributed by atoms with Crippen LogP contribution < -0.4 is 5.48 Å². The van der Waals surface area contributed by atoms with E-state index in [1.54, 1.807) is 0 Å². The van der Waals surface area contributed by atoms with Gasteiger partial charge in [0.1, 0.15) is 0 Å². The molecule has 1 atom stereocenters. The van der Waals surface area contributed by atoms with Crippen molar-refractivity contribution in [1.29, 1.82) is 0 Å². The molecule has 1 aliphatic carbocycles. The fourth-order valence-corrected chi connectivity index (χ4v) is 1.89. The van der Waals surface area contributed by atoms with Crippen molar-refractivity contribution in [1.82, 2.24) is 5.48 Å². The zero-order valence-corrected chi connectivity index (χ0v) is 7.51. The van der Waals surface area contributed by atoms with Crippen LogP contribution in [0.1, 0.15) is 39.5 Å². The monoisotopic (exact) mass is 157 g/mol. The van der Waals surface area contributed by atoms with E-state index in [4.69, 9.17) is 5.21 Å². The van der Waals surface area contributed by atoms with Crippen LogP contribution in [0.2, 0.25) is 0 Å². The van der Waals surface area contributed by atoms with Gasteiger partial charge in [-0.1, -0.05) is 19.8 Å². The molecule has 2 heteroatoms. The van der Waals surface area contributed by atoms with Gasteiger partial charge in [0, 0.05) is 6.04 Å². The summed E-state index contributed by atoms with van der Waals surface area (Å²) in [6.07, 6.45) is 5.21. The standard InChI is InChI=1S/C9H19NO/c1-7-3-5-9(6-4-7)8(2)10-11/h7-11H,3-6H2,1-2H3/t7-,8?,9-. The van der Waals surface area contributed by atoms with Gasteiger partial charge in [0.15, 0.2) is 0 Å². The first kappa shape index (κ1) is 9.01. The molecule has 1 saturated carbocycles. The van der Waals surface area contributed by atoms with Crippen molar-refractivity contribution in [2.75, 3.05) is 0 Å². The van der Waals surface area contributed by atoms with Gasteiger partial charge in [-0.25, -0.2) is 5.48 Å². The maximum absolute atomic E-state index is 8.70. The summed E-state index contributed by atoms with van der Waals surface area (Å²) in [5.41, 5.74) is 2.35. The average molecular weight is 157 g/mol. The molecule has 0 bridgehead atoms. The zero-order chi connectivity index (χ0) is 8.27. The fraction of sp³-hybridized carbons (Fsp3) is 1.00. The molecule has 66 valence electrons. The number of hydrogen-bond acceptors (Lipinski definition) is 2. The molecule has 2 N–H and O–H groups in total. The molecule has 1 fully saturated rings. The van der Waals surface area contributed by atoms with Crippen molar-refractivity contribution < 1.29 is 5.21 Å². The first-order valence-corrected chi connectivity index (χ1v) is 4.63. The number of rotatable bonds is 2. The molecule has 0 amide bonds. The first-order valence-electron chi connectivity index (χ1n) is 4.63. The number of hydrogen-bond donors (Lipinski definition) is 2. The van der Waals surface area contributed by atoms with E-state index in [1.807, 2.05) is 0 Å². The quantitative estimate of drug-likeness (QED) is 0.602. The predicted octanol–water partition coefficient (Wildman–Crippen LogP) is 2.18. The summed E-state index contributed by atoms with van der Waals surface area (Å²) in [6.45, 7) is 4.37. The van der Waals surface area contributed by atoms with Gasteiger partial charge < -0.3 is 5.21 Å². The Morgan fingerprint density at radius 3 is 2.27 bits per heavy atom. The summed E-state index contributed by atoms with van der Waals surface area (Å²) in [6, 6.07) is 0.280. The molecule has 0 radical (unpaired) electrons. The van der Waals surface area contributed by atoms with Gasteiger partial charge in [0.2, 0.25) is 0 Å². The molecule has 0 heterocycles. The largest absolute Gasteiger partial charge is 0.317 e. The summed E-state index contributed by atoms with van der Waals surface area (Å²) in [7, 11) is 0. The topological polar surface area (TPSA) is 32.3 Å². The van der Waals surface area contributed by atoms with Crippen LogP contribution in [0.4, 0.5) is 0 Å². The minimum absolute atomic E-state index is 0.280. The summed E-state index contributed by atoms with van der Waals surface area (Å²) in [5.74, 6) is 1.59. The summed E-state index contributed by atoms with van der Waals surface area (Å²) >= 11 is 0. The van der Waals surface area contributed by atoms with E-state index in [9.17, 15) is 0 Å². The molecule has 1 aliphatic rings. The van der Waals surface area contributed by atoms with Crippen molar-refractivity contribution >= 4 is 0 Å². The first-order chi connectivity index (χ1) is 5.24. The van der Waals surface area contributed by atoms with Crippen molar-refractivity contribution in [3.05, 3.63) is 0 Å². The molecule has 0 spiro atoms. The molecular formula is C9H19NO. The van der Waals surface area contributed by atoms with Gasteiger partial charge in [-0.05, 0) is 31.6 Å². The van der Waals surface area contributed by atoms with Crippen LogP contribution in [0.5, 0.6) is 0 Å². The maximum atomic E-state index is 8.70. The smallest absolute Gasteiger partial charge is 0.0319 e. The molecule has 0 saturated heterocycles. The molecule has 2 nitrogen and oxygen atoms in total. The van der Waals surface area contributed by atoms with Crippen LogP contribution in [-0.2, 0) is 0 Å². The van der Waals surface area contributed by atoms with Crippen LogP contribution in [0.25, 0.3) is 0 Å². The summed E-state index contributed by atoms with van der Waals surface area (Å²) in [5, 5.41) is 8.70. The SMILES string of the molecule is CC(NO)[C@H]1CC[C@H](C)CC1. The maximum Gasteiger partial charge on any atom is 0.0319 e. The van der Waals surface area contributed by atoms with E-state index in [0.29, 0.717) is 5.92 Å². The second-order valence-corrected chi connectivity index (χ2v) is 3.94. The third kappa shape index (κ3) is 2.46. The van der Waals surface area contributed by atoms with Gasteiger partial charge in [0.25, 0.3) is 0 Å². The van der Waals surface area contributed by atoms with E-state index < -0.39 is 0 Å². The van der Waals surface area contributed by atoms with Crippen LogP contribution in [-0.4, -0.2) is 11.2 Å². The van der Waals surface area contributed by atoms with E-state index in [1.165, 1.54) is 25.7 Å². The van der Waals surface area contributed by atoms with E-state index >= 15 is 0 Å². The highest BCUT2D eigenvalue weighted by atomic mass is 16.5. The molecule has 0 aliphatic heterocycles. The zero-order valence-electron chi connectivity index (χ0n) is 7.51. The number of nitrogens with one attached hydrogen (secondary N) is 1. The van der Waals surface area contributed by atoms with Crippen LogP contribution in [0.3, 0.4) is 0 Å². The predicted molar refractivity (Wildman–Crippen MR) is 45.5 cm³/mol. The van der Waals surface area contributed by atoms with Gasteiger partial charge in [-0.15, -0.1) is 0 Å². The van der Waals surface area contributed by atoms with E-state index in [0.717, 1.165) is 5.92 Å². The van der Waals surface area contributed by atoms with Crippen molar-refractivity contribution in [3.8, 4) is 0 Å². The molecule has 11 heavy (non-hydrogen) atoms. The third-order valence-electron chi connectivity index (χ3n) is 2.97. The lowest BCUT2D eigenvalue weighted by Crippen LogP contribution is -2.33. The highest BCUT2D eigenvalue weighted by Gasteiger charge is 2.22. The third-order valence-corrected chi connectivity index (χ3v) is 2.97. The van der Waals surface area contributed by atoms with E-state index in [-0.39, 0.29) is 6.04 Å². The van der Waals surface area contributed by atoms with Crippen molar-refractivity contribution in [3.63, 3.8) is 0 Å². The summed E-state index contributed by atoms with van der Waals surface area (Å²) in [4.78, 5) is 0. The van der Waals surface area contributed by atoms with E-state index in [2.05, 4.69) is 19.3 Å². The van der Waals surface area contributed by atoms with Crippen molar-refractivity contribution in [2.45, 2.75) is 45.6 Å². The van der Waals surface area contributed by atoms with Crippen LogP contribution in [0.15, 0.2) is 0 Å². The average Bonchev–Trinajstić information content (AvgIpc) is 2.05. The summed E-state index contributed by atoms with van der Waals surface area (Å²) < 4.78 is 0. The minimum atomic E-state index is 0.280.